The van der Waals surface area contributed by atoms with E-state index in [1.807, 2.05) is 37.3 Å². The molecule has 0 spiro atoms. The summed E-state index contributed by atoms with van der Waals surface area (Å²) in [5.74, 6) is 0.892. The number of rotatable bonds is 10. The fourth-order valence-corrected chi connectivity index (χ4v) is 2.82. The Bertz CT molecular complexity index is 1050. The molecule has 0 aliphatic rings. The number of esters is 1. The minimum atomic E-state index is -0.602. The van der Waals surface area contributed by atoms with Crippen molar-refractivity contribution in [3.63, 3.8) is 0 Å². The van der Waals surface area contributed by atoms with Crippen LogP contribution in [0.5, 0.6) is 11.5 Å². The van der Waals surface area contributed by atoms with Crippen LogP contribution in [-0.2, 0) is 16.0 Å². The zero-order chi connectivity index (χ0) is 22.2. The van der Waals surface area contributed by atoms with Crippen molar-refractivity contribution < 1.29 is 28.3 Å². The lowest BCUT2D eigenvalue weighted by molar-refractivity contribution is -0.385. The van der Waals surface area contributed by atoms with Crippen molar-refractivity contribution in [3.05, 3.63) is 70.1 Å². The number of aromatic nitrogens is 1. The van der Waals surface area contributed by atoms with Crippen molar-refractivity contribution in [2.75, 3.05) is 19.8 Å². The summed E-state index contributed by atoms with van der Waals surface area (Å²) in [6.07, 6.45) is 0.469. The Labute approximate surface area is 178 Å². The number of carbonyl (C=O) groups is 1. The molecule has 0 saturated heterocycles. The van der Waals surface area contributed by atoms with Gasteiger partial charge in [0.05, 0.1) is 29.9 Å². The third-order valence-corrected chi connectivity index (χ3v) is 4.30. The summed E-state index contributed by atoms with van der Waals surface area (Å²) in [4.78, 5) is 26.7. The standard InChI is InChI=1S/C22H22N2O7/c1-3-28-21(25)14-30-20-10-9-17(13-19(20)24(26)27)29-12-11-18-15(2)31-22(23-18)16-7-5-4-6-8-16/h4-10,13H,3,11-12,14H2,1-2H3. The van der Waals surface area contributed by atoms with Crippen LogP contribution in [0.1, 0.15) is 18.4 Å². The predicted molar refractivity (Wildman–Crippen MR) is 111 cm³/mol. The minimum Gasteiger partial charge on any atom is -0.493 e. The maximum Gasteiger partial charge on any atom is 0.344 e. The molecule has 1 heterocycles. The van der Waals surface area contributed by atoms with E-state index in [2.05, 4.69) is 4.98 Å². The average Bonchev–Trinajstić information content (AvgIpc) is 3.14. The van der Waals surface area contributed by atoms with Gasteiger partial charge in [0, 0.05) is 12.0 Å². The van der Waals surface area contributed by atoms with Crippen molar-refractivity contribution in [2.24, 2.45) is 0 Å². The molecule has 31 heavy (non-hydrogen) atoms. The molecule has 0 unspecified atom stereocenters. The van der Waals surface area contributed by atoms with Gasteiger partial charge >= 0.3 is 11.7 Å². The predicted octanol–water partition coefficient (Wildman–Crippen LogP) is 4.12. The second kappa shape index (κ2) is 10.2. The fraction of sp³-hybridized carbons (Fsp3) is 0.273. The van der Waals surface area contributed by atoms with Gasteiger partial charge in [-0.3, -0.25) is 10.1 Å². The Hall–Kier alpha value is -3.88. The van der Waals surface area contributed by atoms with Crippen molar-refractivity contribution in [1.29, 1.82) is 0 Å². The molecule has 9 nitrogen and oxygen atoms in total. The van der Waals surface area contributed by atoms with Crippen LogP contribution in [0.3, 0.4) is 0 Å². The number of nitro groups is 1. The van der Waals surface area contributed by atoms with E-state index in [0.717, 1.165) is 11.3 Å². The molecule has 0 aliphatic carbocycles. The van der Waals surface area contributed by atoms with E-state index in [-0.39, 0.29) is 24.7 Å². The summed E-state index contributed by atoms with van der Waals surface area (Å²) in [5.41, 5.74) is 1.33. The first-order chi connectivity index (χ1) is 15.0. The molecule has 9 heteroatoms. The highest BCUT2D eigenvalue weighted by Crippen LogP contribution is 2.31. The van der Waals surface area contributed by atoms with Gasteiger partial charge in [0.1, 0.15) is 11.5 Å². The summed E-state index contributed by atoms with van der Waals surface area (Å²) < 4.78 is 21.3. The van der Waals surface area contributed by atoms with E-state index < -0.39 is 17.5 Å². The third-order valence-electron chi connectivity index (χ3n) is 4.30. The van der Waals surface area contributed by atoms with Crippen molar-refractivity contribution in [1.82, 2.24) is 4.98 Å². The molecule has 0 bridgehead atoms. The van der Waals surface area contributed by atoms with E-state index in [4.69, 9.17) is 18.6 Å². The van der Waals surface area contributed by atoms with Gasteiger partial charge < -0.3 is 18.6 Å². The SMILES string of the molecule is CCOC(=O)COc1ccc(OCCc2nc(-c3ccccc3)oc2C)cc1[N+](=O)[O-]. The lowest BCUT2D eigenvalue weighted by Crippen LogP contribution is -2.15. The second-order valence-corrected chi connectivity index (χ2v) is 6.47. The summed E-state index contributed by atoms with van der Waals surface area (Å²) in [5, 5.41) is 11.4. The monoisotopic (exact) mass is 426 g/mol. The highest BCUT2D eigenvalue weighted by Gasteiger charge is 2.18. The molecule has 0 radical (unpaired) electrons. The van der Waals surface area contributed by atoms with E-state index >= 15 is 0 Å². The van der Waals surface area contributed by atoms with Crippen LogP contribution in [-0.4, -0.2) is 35.7 Å². The smallest absolute Gasteiger partial charge is 0.344 e. The Morgan fingerprint density at radius 3 is 2.65 bits per heavy atom. The van der Waals surface area contributed by atoms with Crippen LogP contribution in [0.15, 0.2) is 52.9 Å². The van der Waals surface area contributed by atoms with Gasteiger partial charge in [-0.2, -0.15) is 0 Å². The van der Waals surface area contributed by atoms with Gasteiger partial charge in [-0.15, -0.1) is 0 Å². The number of hydrogen-bond acceptors (Lipinski definition) is 8. The van der Waals surface area contributed by atoms with Gasteiger partial charge in [-0.05, 0) is 38.1 Å². The van der Waals surface area contributed by atoms with Crippen LogP contribution in [0.25, 0.3) is 11.5 Å². The average molecular weight is 426 g/mol. The normalized spacial score (nSPS) is 10.5. The molecule has 162 valence electrons. The summed E-state index contributed by atoms with van der Waals surface area (Å²) in [6, 6.07) is 13.7. The zero-order valence-corrected chi connectivity index (χ0v) is 17.2. The van der Waals surface area contributed by atoms with Crippen LogP contribution < -0.4 is 9.47 Å². The molecule has 0 atom stereocenters. The van der Waals surface area contributed by atoms with E-state index in [0.29, 0.717) is 23.8 Å². The van der Waals surface area contributed by atoms with Crippen LogP contribution in [0.4, 0.5) is 5.69 Å². The Balaban J connectivity index is 1.62. The molecule has 3 aromatic rings. The highest BCUT2D eigenvalue weighted by atomic mass is 16.6. The lowest BCUT2D eigenvalue weighted by Gasteiger charge is -2.09. The quantitative estimate of drug-likeness (QED) is 0.270. The van der Waals surface area contributed by atoms with E-state index in [1.54, 1.807) is 13.0 Å². The highest BCUT2D eigenvalue weighted by molar-refractivity contribution is 5.71. The molecule has 0 fully saturated rings. The molecule has 0 N–H and O–H groups in total. The number of oxazole rings is 1. The second-order valence-electron chi connectivity index (χ2n) is 6.47. The van der Waals surface area contributed by atoms with Crippen LogP contribution in [0.2, 0.25) is 0 Å². The number of benzene rings is 2. The van der Waals surface area contributed by atoms with Crippen LogP contribution >= 0.6 is 0 Å². The molecule has 0 aliphatic heterocycles. The molecule has 0 saturated carbocycles. The minimum absolute atomic E-state index is 0.0368. The molecule has 2 aromatic carbocycles. The number of ether oxygens (including phenoxy) is 3. The zero-order valence-electron chi connectivity index (χ0n) is 17.2. The molecule has 3 rings (SSSR count). The van der Waals surface area contributed by atoms with Gasteiger partial charge in [-0.25, -0.2) is 9.78 Å². The maximum atomic E-state index is 11.4. The number of carbonyl (C=O) groups excluding carboxylic acids is 1. The third kappa shape index (κ3) is 5.81. The van der Waals surface area contributed by atoms with Crippen molar-refractivity contribution >= 4 is 11.7 Å². The largest absolute Gasteiger partial charge is 0.493 e. The topological polar surface area (TPSA) is 114 Å². The fourth-order valence-electron chi connectivity index (χ4n) is 2.82. The first-order valence-corrected chi connectivity index (χ1v) is 9.69. The number of nitrogens with zero attached hydrogens (tertiary/aromatic N) is 2. The number of aryl methyl sites for hydroxylation is 1. The summed E-state index contributed by atoms with van der Waals surface area (Å²) in [6.45, 7) is 3.53. The van der Waals surface area contributed by atoms with Gasteiger partial charge in [0.2, 0.25) is 5.89 Å². The Morgan fingerprint density at radius 2 is 1.94 bits per heavy atom. The van der Waals surface area contributed by atoms with Gasteiger partial charge in [0.15, 0.2) is 12.4 Å². The first kappa shape index (κ1) is 21.8. The molecule has 0 amide bonds. The van der Waals surface area contributed by atoms with Crippen molar-refractivity contribution in [3.8, 4) is 23.0 Å². The van der Waals surface area contributed by atoms with Crippen LogP contribution in [0, 0.1) is 17.0 Å². The summed E-state index contributed by atoms with van der Waals surface area (Å²) in [7, 11) is 0. The van der Waals surface area contributed by atoms with Gasteiger partial charge in [0.25, 0.3) is 0 Å². The Kier molecular flexibility index (Phi) is 7.21. The Morgan fingerprint density at radius 1 is 1.16 bits per heavy atom. The lowest BCUT2D eigenvalue weighted by atomic mass is 10.2. The van der Waals surface area contributed by atoms with E-state index in [9.17, 15) is 14.9 Å². The first-order valence-electron chi connectivity index (χ1n) is 9.69. The van der Waals surface area contributed by atoms with Crippen molar-refractivity contribution in [2.45, 2.75) is 20.3 Å². The van der Waals surface area contributed by atoms with E-state index in [1.165, 1.54) is 12.1 Å². The van der Waals surface area contributed by atoms with Gasteiger partial charge in [-0.1, -0.05) is 18.2 Å². The maximum absolute atomic E-state index is 11.4. The molecular formula is C22H22N2O7. The molecular weight excluding hydrogens is 404 g/mol. The summed E-state index contributed by atoms with van der Waals surface area (Å²) >= 11 is 0. The number of hydrogen-bond donors (Lipinski definition) is 0. The number of nitro benzene ring substituents is 1. The molecule has 1 aromatic heterocycles.